The minimum atomic E-state index is -3.94. The van der Waals surface area contributed by atoms with Gasteiger partial charge < -0.3 is 9.64 Å². The zero-order valence-corrected chi connectivity index (χ0v) is 13.9. The van der Waals surface area contributed by atoms with E-state index in [1.165, 1.54) is 18.2 Å². The number of ether oxygens (including phenoxy) is 1. The predicted octanol–water partition coefficient (Wildman–Crippen LogP) is 2.52. The lowest BCUT2D eigenvalue weighted by Gasteiger charge is -2.27. The van der Waals surface area contributed by atoms with E-state index in [1.807, 2.05) is 6.92 Å². The van der Waals surface area contributed by atoms with E-state index in [2.05, 4.69) is 0 Å². The Balaban J connectivity index is 2.33. The summed E-state index contributed by atoms with van der Waals surface area (Å²) in [6, 6.07) is 3.81. The lowest BCUT2D eigenvalue weighted by atomic mass is 10.1. The highest BCUT2D eigenvalue weighted by molar-refractivity contribution is 8.13. The molecular formula is C13H15Cl2NO4S. The first-order valence-corrected chi connectivity index (χ1v) is 9.03. The van der Waals surface area contributed by atoms with Crippen molar-refractivity contribution in [2.75, 3.05) is 13.7 Å². The van der Waals surface area contributed by atoms with Crippen molar-refractivity contribution in [2.24, 2.45) is 0 Å². The second-order valence-corrected chi connectivity index (χ2v) is 7.96. The summed E-state index contributed by atoms with van der Waals surface area (Å²) in [6.07, 6.45) is 0.680. The maximum absolute atomic E-state index is 12.5. The zero-order valence-electron chi connectivity index (χ0n) is 11.5. The maximum Gasteiger partial charge on any atom is 0.261 e. The number of amides is 1. The molecule has 0 radical (unpaired) electrons. The van der Waals surface area contributed by atoms with E-state index in [-0.39, 0.29) is 33.5 Å². The number of hydrogen-bond donors (Lipinski definition) is 0. The first-order chi connectivity index (χ1) is 9.70. The topological polar surface area (TPSA) is 63.7 Å². The number of carbonyl (C=O) groups is 1. The van der Waals surface area contributed by atoms with Gasteiger partial charge in [0.25, 0.3) is 15.0 Å². The van der Waals surface area contributed by atoms with Crippen molar-refractivity contribution in [3.8, 4) is 0 Å². The van der Waals surface area contributed by atoms with E-state index in [9.17, 15) is 13.2 Å². The molecule has 2 atom stereocenters. The van der Waals surface area contributed by atoms with Gasteiger partial charge in [-0.1, -0.05) is 11.6 Å². The monoisotopic (exact) mass is 351 g/mol. The van der Waals surface area contributed by atoms with Crippen LogP contribution in [0.1, 0.15) is 23.7 Å². The van der Waals surface area contributed by atoms with Crippen molar-refractivity contribution in [3.05, 3.63) is 28.8 Å². The van der Waals surface area contributed by atoms with Gasteiger partial charge in [0, 0.05) is 34.9 Å². The largest absolute Gasteiger partial charge is 0.376 e. The van der Waals surface area contributed by atoms with Gasteiger partial charge >= 0.3 is 0 Å². The van der Waals surface area contributed by atoms with Crippen molar-refractivity contribution in [1.82, 2.24) is 4.90 Å². The third-order valence-corrected chi connectivity index (χ3v) is 5.11. The average Bonchev–Trinajstić information content (AvgIpc) is 2.81. The molecule has 0 bridgehead atoms. The number of hydrogen-bond acceptors (Lipinski definition) is 4. The van der Waals surface area contributed by atoms with Crippen LogP contribution < -0.4 is 0 Å². The Morgan fingerprint density at radius 1 is 1.38 bits per heavy atom. The SMILES string of the molecule is CC1OCCC1N(C)C(=O)c1cc(Cl)cc(S(=O)(=O)Cl)c1. The molecule has 1 aromatic rings. The molecule has 1 aliphatic rings. The Hall–Kier alpha value is -0.820. The number of carbonyl (C=O) groups excluding carboxylic acids is 1. The molecular weight excluding hydrogens is 337 g/mol. The van der Waals surface area contributed by atoms with Gasteiger partial charge in [0.15, 0.2) is 0 Å². The number of likely N-dealkylation sites (N-methyl/N-ethyl adjacent to an activating group) is 1. The molecule has 1 heterocycles. The Labute approximate surface area is 133 Å². The van der Waals surface area contributed by atoms with Crippen LogP contribution in [0.25, 0.3) is 0 Å². The van der Waals surface area contributed by atoms with Crippen LogP contribution in [0.2, 0.25) is 5.02 Å². The lowest BCUT2D eigenvalue weighted by Crippen LogP contribution is -2.41. The molecule has 8 heteroatoms. The van der Waals surface area contributed by atoms with E-state index in [4.69, 9.17) is 27.0 Å². The standard InChI is InChI=1S/C13H15Cl2NO4S/c1-8-12(3-4-20-8)16(2)13(17)9-5-10(14)7-11(6-9)21(15,18)19/h5-8,12H,3-4H2,1-2H3. The molecule has 0 saturated carbocycles. The van der Waals surface area contributed by atoms with Gasteiger partial charge in [-0.15, -0.1) is 0 Å². The van der Waals surface area contributed by atoms with Gasteiger partial charge in [-0.05, 0) is 31.5 Å². The molecule has 1 saturated heterocycles. The summed E-state index contributed by atoms with van der Waals surface area (Å²) in [5.74, 6) is -0.318. The van der Waals surface area contributed by atoms with Crippen LogP contribution in [0.4, 0.5) is 0 Å². The zero-order chi connectivity index (χ0) is 15.8. The molecule has 0 aliphatic carbocycles. The Morgan fingerprint density at radius 3 is 2.57 bits per heavy atom. The highest BCUT2D eigenvalue weighted by Gasteiger charge is 2.31. The Morgan fingerprint density at radius 2 is 2.05 bits per heavy atom. The molecule has 1 amide bonds. The van der Waals surface area contributed by atoms with Crippen LogP contribution >= 0.6 is 22.3 Å². The summed E-state index contributed by atoms with van der Waals surface area (Å²) in [7, 11) is 3.02. The van der Waals surface area contributed by atoms with Crippen LogP contribution in [-0.2, 0) is 13.8 Å². The van der Waals surface area contributed by atoms with E-state index in [0.717, 1.165) is 6.42 Å². The minimum absolute atomic E-state index is 0.0486. The second kappa shape index (κ2) is 6.12. The summed E-state index contributed by atoms with van der Waals surface area (Å²) < 4.78 is 28.2. The Kier molecular flexibility index (Phi) is 4.82. The predicted molar refractivity (Wildman–Crippen MR) is 80.4 cm³/mol. The molecule has 116 valence electrons. The van der Waals surface area contributed by atoms with Crippen LogP contribution in [0.15, 0.2) is 23.1 Å². The number of nitrogens with zero attached hydrogens (tertiary/aromatic N) is 1. The first-order valence-electron chi connectivity index (χ1n) is 6.34. The van der Waals surface area contributed by atoms with Crippen molar-refractivity contribution >= 4 is 37.2 Å². The minimum Gasteiger partial charge on any atom is -0.376 e. The van der Waals surface area contributed by atoms with Gasteiger partial charge in [0.05, 0.1) is 17.0 Å². The van der Waals surface area contributed by atoms with E-state index in [0.29, 0.717) is 6.61 Å². The Bertz CT molecular complexity index is 662. The first kappa shape index (κ1) is 16.5. The van der Waals surface area contributed by atoms with Gasteiger partial charge in [0.2, 0.25) is 0 Å². The molecule has 2 unspecified atom stereocenters. The van der Waals surface area contributed by atoms with Crippen LogP contribution in [-0.4, -0.2) is 45.0 Å². The number of halogens is 2. The molecule has 1 aliphatic heterocycles. The van der Waals surface area contributed by atoms with Crippen LogP contribution in [0.5, 0.6) is 0 Å². The molecule has 0 aromatic heterocycles. The van der Waals surface area contributed by atoms with Crippen LogP contribution in [0.3, 0.4) is 0 Å². The molecule has 21 heavy (non-hydrogen) atoms. The number of benzene rings is 1. The fourth-order valence-electron chi connectivity index (χ4n) is 2.41. The van der Waals surface area contributed by atoms with E-state index < -0.39 is 9.05 Å². The fourth-order valence-corrected chi connectivity index (χ4v) is 3.51. The fraction of sp³-hybridized carbons (Fsp3) is 0.462. The van der Waals surface area contributed by atoms with Gasteiger partial charge in [-0.2, -0.15) is 0 Å². The summed E-state index contributed by atoms with van der Waals surface area (Å²) in [4.78, 5) is 13.8. The quantitative estimate of drug-likeness (QED) is 0.785. The molecule has 0 spiro atoms. The van der Waals surface area contributed by atoms with E-state index >= 15 is 0 Å². The smallest absolute Gasteiger partial charge is 0.261 e. The van der Waals surface area contributed by atoms with Gasteiger partial charge in [-0.25, -0.2) is 8.42 Å². The highest BCUT2D eigenvalue weighted by atomic mass is 35.7. The van der Waals surface area contributed by atoms with Gasteiger partial charge in [-0.3, -0.25) is 4.79 Å². The second-order valence-electron chi connectivity index (χ2n) is 4.96. The third kappa shape index (κ3) is 3.69. The molecule has 1 fully saturated rings. The van der Waals surface area contributed by atoms with Crippen molar-refractivity contribution in [2.45, 2.75) is 30.4 Å². The lowest BCUT2D eigenvalue weighted by molar-refractivity contribution is 0.0574. The average molecular weight is 352 g/mol. The molecule has 2 rings (SSSR count). The summed E-state index contributed by atoms with van der Waals surface area (Å²) in [5.41, 5.74) is 0.184. The molecule has 1 aromatic carbocycles. The summed E-state index contributed by atoms with van der Waals surface area (Å²) >= 11 is 5.87. The third-order valence-electron chi connectivity index (χ3n) is 3.55. The van der Waals surface area contributed by atoms with Crippen LogP contribution in [0, 0.1) is 0 Å². The van der Waals surface area contributed by atoms with Crippen molar-refractivity contribution in [1.29, 1.82) is 0 Å². The van der Waals surface area contributed by atoms with Gasteiger partial charge in [0.1, 0.15) is 0 Å². The van der Waals surface area contributed by atoms with Crippen molar-refractivity contribution in [3.63, 3.8) is 0 Å². The summed E-state index contributed by atoms with van der Waals surface area (Å²) in [6.45, 7) is 2.49. The molecule has 5 nitrogen and oxygen atoms in total. The number of rotatable bonds is 3. The van der Waals surface area contributed by atoms with Crippen molar-refractivity contribution < 1.29 is 17.9 Å². The maximum atomic E-state index is 12.5. The molecule has 0 N–H and O–H groups in total. The van der Waals surface area contributed by atoms with E-state index in [1.54, 1.807) is 11.9 Å². The normalized spacial score (nSPS) is 22.3. The highest BCUT2D eigenvalue weighted by Crippen LogP contribution is 2.25. The summed E-state index contributed by atoms with van der Waals surface area (Å²) in [5, 5.41) is 0.143.